The van der Waals surface area contributed by atoms with Gasteiger partial charge in [-0.2, -0.15) is 0 Å². The zero-order chi connectivity index (χ0) is 21.6. The van der Waals surface area contributed by atoms with Crippen LogP contribution in [0.4, 0.5) is 14.5 Å². The topological polar surface area (TPSA) is 97.6 Å². The van der Waals surface area contributed by atoms with Gasteiger partial charge in [0.2, 0.25) is 5.56 Å². The molecule has 0 spiro atoms. The van der Waals surface area contributed by atoms with Gasteiger partial charge in [0.05, 0.1) is 30.4 Å². The second kappa shape index (κ2) is 10.2. The Balaban J connectivity index is 0.000000211. The summed E-state index contributed by atoms with van der Waals surface area (Å²) in [6.45, 7) is 0.185. The van der Waals surface area contributed by atoms with Crippen LogP contribution in [0.3, 0.4) is 0 Å². The summed E-state index contributed by atoms with van der Waals surface area (Å²) in [5.41, 5.74) is 6.56. The van der Waals surface area contributed by atoms with E-state index in [2.05, 4.69) is 4.98 Å². The fourth-order valence-electron chi connectivity index (χ4n) is 2.65. The number of aliphatic hydroxyl groups is 1. The van der Waals surface area contributed by atoms with Gasteiger partial charge in [-0.1, -0.05) is 17.7 Å². The lowest BCUT2D eigenvalue weighted by Crippen LogP contribution is -2.17. The van der Waals surface area contributed by atoms with Gasteiger partial charge in [-0.25, -0.2) is 8.78 Å². The number of hydrogen-bond donors (Lipinski definition) is 3. The molecule has 1 heterocycles. The lowest BCUT2D eigenvalue weighted by molar-refractivity contribution is 0.0650. The van der Waals surface area contributed by atoms with E-state index in [1.165, 1.54) is 38.5 Å². The van der Waals surface area contributed by atoms with E-state index in [1.807, 2.05) is 0 Å². The molecule has 156 valence electrons. The number of rotatable bonds is 5. The summed E-state index contributed by atoms with van der Waals surface area (Å²) in [5.74, 6) is -0.965. The number of ether oxygens (including phenoxy) is 2. The summed E-state index contributed by atoms with van der Waals surface area (Å²) in [7, 11) is 2.85. The van der Waals surface area contributed by atoms with Crippen molar-refractivity contribution in [1.82, 2.24) is 4.98 Å². The summed E-state index contributed by atoms with van der Waals surface area (Å²) >= 11 is 5.81. The van der Waals surface area contributed by atoms with Crippen LogP contribution in [0.25, 0.3) is 10.9 Å². The second-order valence-corrected chi connectivity index (χ2v) is 6.53. The molecule has 3 rings (SSSR count). The molecule has 6 nitrogen and oxygen atoms in total. The minimum absolute atomic E-state index is 0.0190. The number of nitrogens with two attached hydrogens (primary N) is 1. The lowest BCUT2D eigenvalue weighted by atomic mass is 10.1. The Kier molecular flexibility index (Phi) is 7.95. The first-order chi connectivity index (χ1) is 13.8. The highest BCUT2D eigenvalue weighted by Crippen LogP contribution is 2.28. The number of aromatic nitrogens is 1. The molecule has 0 amide bonds. The van der Waals surface area contributed by atoms with Crippen LogP contribution in [0.15, 0.2) is 41.2 Å². The number of H-pyrrole nitrogens is 1. The molecule has 1 atom stereocenters. The van der Waals surface area contributed by atoms with Crippen LogP contribution in [0.2, 0.25) is 5.02 Å². The molecule has 3 aromatic rings. The Morgan fingerprint density at radius 2 is 1.93 bits per heavy atom. The fraction of sp³-hybridized carbons (Fsp3) is 0.250. The van der Waals surface area contributed by atoms with Crippen LogP contribution in [0.1, 0.15) is 5.56 Å². The van der Waals surface area contributed by atoms with Crippen LogP contribution < -0.4 is 16.0 Å². The molecule has 0 aliphatic carbocycles. The third kappa shape index (κ3) is 5.90. The molecule has 4 N–H and O–H groups in total. The van der Waals surface area contributed by atoms with Gasteiger partial charge in [-0.05, 0) is 29.8 Å². The number of hydrogen-bond acceptors (Lipinski definition) is 5. The van der Waals surface area contributed by atoms with Gasteiger partial charge >= 0.3 is 0 Å². The van der Waals surface area contributed by atoms with E-state index in [-0.39, 0.29) is 29.4 Å². The monoisotopic (exact) mass is 426 g/mol. The van der Waals surface area contributed by atoms with Crippen LogP contribution in [-0.4, -0.2) is 37.0 Å². The molecule has 0 bridgehead atoms. The number of pyridine rings is 1. The molecular formula is C20H21ClF2N2O4. The van der Waals surface area contributed by atoms with E-state index in [9.17, 15) is 18.7 Å². The maximum atomic E-state index is 13.5. The average Bonchev–Trinajstić information content (AvgIpc) is 2.66. The average molecular weight is 427 g/mol. The van der Waals surface area contributed by atoms with Gasteiger partial charge in [0.1, 0.15) is 5.82 Å². The van der Waals surface area contributed by atoms with Gasteiger partial charge in [-0.15, -0.1) is 0 Å². The first kappa shape index (κ1) is 22.6. The first-order valence-corrected chi connectivity index (χ1v) is 8.90. The maximum absolute atomic E-state index is 13.5. The Labute approximate surface area is 170 Å². The van der Waals surface area contributed by atoms with Gasteiger partial charge in [0, 0.05) is 30.7 Å². The number of aromatic amines is 1. The van der Waals surface area contributed by atoms with Crippen LogP contribution in [-0.2, 0) is 11.2 Å². The van der Waals surface area contributed by atoms with Crippen molar-refractivity contribution < 1.29 is 23.4 Å². The number of fused-ring (bicyclic) bond motifs is 1. The maximum Gasteiger partial charge on any atom is 0.248 e. The van der Waals surface area contributed by atoms with Crippen LogP contribution >= 0.6 is 11.6 Å². The SMILES string of the molecule is COC[C@@H](O)Cc1ccc(OC)c(F)c1Cl.Nc1cc(F)cc2[nH]c(=O)ccc12. The highest BCUT2D eigenvalue weighted by Gasteiger charge is 2.14. The normalized spacial score (nSPS) is 11.7. The van der Waals surface area contributed by atoms with Gasteiger partial charge < -0.3 is 25.3 Å². The van der Waals surface area contributed by atoms with Crippen molar-refractivity contribution in [1.29, 1.82) is 0 Å². The molecule has 0 saturated heterocycles. The molecule has 1 aromatic heterocycles. The zero-order valence-corrected chi connectivity index (χ0v) is 16.6. The Morgan fingerprint density at radius 3 is 2.59 bits per heavy atom. The molecule has 0 radical (unpaired) electrons. The molecule has 29 heavy (non-hydrogen) atoms. The van der Waals surface area contributed by atoms with E-state index < -0.39 is 17.7 Å². The standard InChI is InChI=1S/C11H14ClFO3.C9H7FN2O/c1-15-6-8(14)5-7-3-4-9(16-2)11(13)10(7)12;10-5-3-7(11)6-1-2-9(13)12-8(6)4-5/h3-4,8,14H,5-6H2,1-2H3;1-4H,11H2,(H,12,13)/t8-;/m0./s1. The number of halogens is 3. The Hall–Kier alpha value is -2.68. The van der Waals surface area contributed by atoms with Crippen molar-refractivity contribution in [3.63, 3.8) is 0 Å². The summed E-state index contributed by atoms with van der Waals surface area (Å²) in [6.07, 6.45) is -0.455. The molecular weight excluding hydrogens is 406 g/mol. The summed E-state index contributed by atoms with van der Waals surface area (Å²) < 4.78 is 35.9. The largest absolute Gasteiger partial charge is 0.494 e. The third-order valence-corrected chi connectivity index (χ3v) is 4.41. The molecule has 0 unspecified atom stereocenters. The highest BCUT2D eigenvalue weighted by molar-refractivity contribution is 6.31. The van der Waals surface area contributed by atoms with Crippen LogP contribution in [0.5, 0.6) is 5.75 Å². The van der Waals surface area contributed by atoms with Crippen molar-refractivity contribution >= 4 is 28.2 Å². The zero-order valence-electron chi connectivity index (χ0n) is 15.8. The van der Waals surface area contributed by atoms with E-state index in [0.29, 0.717) is 22.2 Å². The summed E-state index contributed by atoms with van der Waals surface area (Å²) in [4.78, 5) is 13.4. The Morgan fingerprint density at radius 1 is 1.21 bits per heavy atom. The predicted octanol–water partition coefficient (Wildman–Crippen LogP) is 3.29. The molecule has 2 aromatic carbocycles. The number of nitrogens with one attached hydrogen (secondary N) is 1. The number of methoxy groups -OCH3 is 2. The highest BCUT2D eigenvalue weighted by atomic mass is 35.5. The first-order valence-electron chi connectivity index (χ1n) is 8.52. The van der Waals surface area contributed by atoms with Gasteiger partial charge in [0.25, 0.3) is 0 Å². The number of anilines is 1. The van der Waals surface area contributed by atoms with E-state index in [0.717, 1.165) is 0 Å². The van der Waals surface area contributed by atoms with E-state index in [4.69, 9.17) is 26.8 Å². The van der Waals surface area contributed by atoms with Crippen molar-refractivity contribution in [3.05, 3.63) is 69.0 Å². The fourth-order valence-corrected chi connectivity index (χ4v) is 2.89. The van der Waals surface area contributed by atoms with Crippen molar-refractivity contribution in [3.8, 4) is 5.75 Å². The minimum atomic E-state index is -0.699. The van der Waals surface area contributed by atoms with Gasteiger partial charge in [0.15, 0.2) is 11.6 Å². The number of nitrogen functional groups attached to an aromatic ring is 1. The summed E-state index contributed by atoms with van der Waals surface area (Å²) in [6, 6.07) is 8.51. The smallest absolute Gasteiger partial charge is 0.248 e. The molecule has 9 heteroatoms. The molecule has 0 saturated carbocycles. The van der Waals surface area contributed by atoms with E-state index >= 15 is 0 Å². The minimum Gasteiger partial charge on any atom is -0.494 e. The van der Waals surface area contributed by atoms with E-state index in [1.54, 1.807) is 12.1 Å². The quantitative estimate of drug-likeness (QED) is 0.544. The lowest BCUT2D eigenvalue weighted by Gasteiger charge is -2.12. The predicted molar refractivity (Wildman–Crippen MR) is 108 cm³/mol. The number of benzene rings is 2. The van der Waals surface area contributed by atoms with Crippen molar-refractivity contribution in [2.75, 3.05) is 26.6 Å². The van der Waals surface area contributed by atoms with Crippen molar-refractivity contribution in [2.24, 2.45) is 0 Å². The molecule has 0 aliphatic rings. The van der Waals surface area contributed by atoms with Crippen LogP contribution in [0, 0.1) is 11.6 Å². The van der Waals surface area contributed by atoms with Gasteiger partial charge in [-0.3, -0.25) is 4.79 Å². The van der Waals surface area contributed by atoms with Crippen molar-refractivity contribution in [2.45, 2.75) is 12.5 Å². The summed E-state index contributed by atoms with van der Waals surface area (Å²) in [5, 5.41) is 10.1. The number of aliphatic hydroxyl groups excluding tert-OH is 1. The Bertz CT molecular complexity index is 1040. The molecule has 0 aliphatic heterocycles. The second-order valence-electron chi connectivity index (χ2n) is 6.15. The molecule has 0 fully saturated rings. The third-order valence-electron chi connectivity index (χ3n) is 4.00.